The van der Waals surface area contributed by atoms with Crippen LogP contribution in [0.4, 0.5) is 10.1 Å². The first kappa shape index (κ1) is 21.0. The van der Waals surface area contributed by atoms with Crippen molar-refractivity contribution in [1.82, 2.24) is 9.80 Å². The Morgan fingerprint density at radius 1 is 1.21 bits per heavy atom. The molecule has 2 fully saturated rings. The van der Waals surface area contributed by atoms with Crippen molar-refractivity contribution in [2.24, 2.45) is 0 Å². The number of halogens is 1. The van der Waals surface area contributed by atoms with Gasteiger partial charge in [-0.25, -0.2) is 12.8 Å². The maximum Gasteiger partial charge on any atom is 0.237 e. The Kier molecular flexibility index (Phi) is 6.60. The fraction of sp³-hybridized carbons (Fsp3) is 0.650. The topological polar surface area (TPSA) is 60.9 Å². The van der Waals surface area contributed by atoms with Gasteiger partial charge in [0.1, 0.15) is 5.82 Å². The molecule has 0 aromatic heterocycles. The lowest BCUT2D eigenvalue weighted by Gasteiger charge is -2.39. The van der Waals surface area contributed by atoms with E-state index in [0.29, 0.717) is 13.0 Å². The van der Waals surface area contributed by atoms with Crippen LogP contribution in [0.2, 0.25) is 0 Å². The van der Waals surface area contributed by atoms with Gasteiger partial charge in [0.05, 0.1) is 18.1 Å². The number of rotatable bonds is 6. The van der Waals surface area contributed by atoms with Crippen LogP contribution < -0.4 is 4.90 Å². The molecular weight excluding hydrogens is 381 g/mol. The zero-order chi connectivity index (χ0) is 20.3. The van der Waals surface area contributed by atoms with Crippen LogP contribution in [0.5, 0.6) is 0 Å². The summed E-state index contributed by atoms with van der Waals surface area (Å²) < 4.78 is 36.9. The largest absolute Gasteiger partial charge is 0.369 e. The average Bonchev–Trinajstić information content (AvgIpc) is 3.02. The van der Waals surface area contributed by atoms with E-state index in [2.05, 4.69) is 9.80 Å². The van der Waals surface area contributed by atoms with Crippen LogP contribution in [0, 0.1) is 5.82 Å². The molecule has 0 bridgehead atoms. The number of nitrogens with zero attached hydrogens (tertiary/aromatic N) is 3. The second kappa shape index (κ2) is 8.78. The van der Waals surface area contributed by atoms with E-state index in [1.165, 1.54) is 12.1 Å². The minimum absolute atomic E-state index is 0.0201. The SMILES string of the molecule is CCC(C)N(C(=O)CN1CCN(c2ccc(F)cc2)CC1)C1CCS(=O)(=O)C1. The number of anilines is 1. The first-order valence-electron chi connectivity index (χ1n) is 10.0. The van der Waals surface area contributed by atoms with Gasteiger partial charge in [-0.05, 0) is 44.0 Å². The van der Waals surface area contributed by atoms with E-state index in [1.807, 2.05) is 18.7 Å². The normalized spacial score (nSPS) is 23.5. The van der Waals surface area contributed by atoms with E-state index in [9.17, 15) is 17.6 Å². The molecule has 2 unspecified atom stereocenters. The maximum atomic E-state index is 13.1. The smallest absolute Gasteiger partial charge is 0.237 e. The highest BCUT2D eigenvalue weighted by Gasteiger charge is 2.37. The summed E-state index contributed by atoms with van der Waals surface area (Å²) in [5.41, 5.74) is 0.991. The summed E-state index contributed by atoms with van der Waals surface area (Å²) in [4.78, 5) is 19.2. The van der Waals surface area contributed by atoms with Gasteiger partial charge in [-0.15, -0.1) is 0 Å². The van der Waals surface area contributed by atoms with Crippen molar-refractivity contribution in [3.63, 3.8) is 0 Å². The molecule has 1 aromatic carbocycles. The molecule has 0 saturated carbocycles. The van der Waals surface area contributed by atoms with Gasteiger partial charge in [0.15, 0.2) is 9.84 Å². The predicted molar refractivity (Wildman–Crippen MR) is 109 cm³/mol. The van der Waals surface area contributed by atoms with Crippen LogP contribution >= 0.6 is 0 Å². The lowest BCUT2D eigenvalue weighted by Crippen LogP contribution is -2.53. The molecule has 3 rings (SSSR count). The summed E-state index contributed by atoms with van der Waals surface area (Å²) >= 11 is 0. The van der Waals surface area contributed by atoms with E-state index in [1.54, 1.807) is 12.1 Å². The van der Waals surface area contributed by atoms with Crippen LogP contribution in [0.25, 0.3) is 0 Å². The van der Waals surface area contributed by atoms with E-state index < -0.39 is 9.84 Å². The highest BCUT2D eigenvalue weighted by atomic mass is 32.2. The molecule has 0 radical (unpaired) electrons. The molecule has 2 saturated heterocycles. The third-order valence-corrected chi connectivity index (χ3v) is 7.63. The number of amides is 1. The Balaban J connectivity index is 1.58. The van der Waals surface area contributed by atoms with Gasteiger partial charge in [-0.2, -0.15) is 0 Å². The second-order valence-corrected chi connectivity index (χ2v) is 10.1. The molecule has 2 aliphatic heterocycles. The number of hydrogen-bond acceptors (Lipinski definition) is 5. The van der Waals surface area contributed by atoms with Gasteiger partial charge >= 0.3 is 0 Å². The van der Waals surface area contributed by atoms with Gasteiger partial charge in [0.25, 0.3) is 0 Å². The van der Waals surface area contributed by atoms with Crippen molar-refractivity contribution in [3.8, 4) is 0 Å². The minimum Gasteiger partial charge on any atom is -0.369 e. The van der Waals surface area contributed by atoms with Gasteiger partial charge in [0, 0.05) is 44.0 Å². The first-order chi connectivity index (χ1) is 13.3. The van der Waals surface area contributed by atoms with Crippen molar-refractivity contribution in [2.45, 2.75) is 38.8 Å². The van der Waals surface area contributed by atoms with Crippen molar-refractivity contribution in [2.75, 3.05) is 49.1 Å². The van der Waals surface area contributed by atoms with Crippen LogP contribution in [-0.2, 0) is 14.6 Å². The molecule has 0 aliphatic carbocycles. The van der Waals surface area contributed by atoms with Crippen molar-refractivity contribution in [3.05, 3.63) is 30.1 Å². The summed E-state index contributed by atoms with van der Waals surface area (Å²) in [5.74, 6) is 0.0362. The Labute approximate surface area is 167 Å². The summed E-state index contributed by atoms with van der Waals surface area (Å²) in [5, 5.41) is 0. The molecule has 28 heavy (non-hydrogen) atoms. The number of piperazine rings is 1. The number of sulfone groups is 1. The summed E-state index contributed by atoms with van der Waals surface area (Å²) in [7, 11) is -3.03. The average molecular weight is 412 g/mol. The first-order valence-corrected chi connectivity index (χ1v) is 11.9. The van der Waals surface area contributed by atoms with Crippen LogP contribution in [0.3, 0.4) is 0 Å². The Morgan fingerprint density at radius 3 is 2.39 bits per heavy atom. The highest BCUT2D eigenvalue weighted by molar-refractivity contribution is 7.91. The lowest BCUT2D eigenvalue weighted by molar-refractivity contribution is -0.136. The standard InChI is InChI=1S/C20H30FN3O3S/c1-3-16(2)24(19-8-13-28(26,27)15-19)20(25)14-22-9-11-23(12-10-22)18-6-4-17(21)5-7-18/h4-7,16,19H,3,8-15H2,1-2H3. The molecule has 2 atom stereocenters. The molecule has 2 heterocycles. The number of carbonyl (C=O) groups is 1. The second-order valence-electron chi connectivity index (χ2n) is 7.85. The van der Waals surface area contributed by atoms with Crippen LogP contribution in [-0.4, -0.2) is 80.4 Å². The maximum absolute atomic E-state index is 13.1. The Hall–Kier alpha value is -1.67. The van der Waals surface area contributed by atoms with Gasteiger partial charge < -0.3 is 9.80 Å². The zero-order valence-electron chi connectivity index (χ0n) is 16.7. The van der Waals surface area contributed by atoms with Gasteiger partial charge in [-0.3, -0.25) is 9.69 Å². The number of benzene rings is 1. The van der Waals surface area contributed by atoms with Gasteiger partial charge in [-0.1, -0.05) is 6.92 Å². The monoisotopic (exact) mass is 411 g/mol. The van der Waals surface area contributed by atoms with Crippen molar-refractivity contribution < 1.29 is 17.6 Å². The fourth-order valence-electron chi connectivity index (χ4n) is 4.09. The third kappa shape index (κ3) is 5.03. The van der Waals surface area contributed by atoms with E-state index >= 15 is 0 Å². The Bertz CT molecular complexity index is 776. The van der Waals surface area contributed by atoms with E-state index in [4.69, 9.17) is 0 Å². The molecule has 6 nitrogen and oxygen atoms in total. The fourth-order valence-corrected chi connectivity index (χ4v) is 5.80. The molecule has 156 valence electrons. The van der Waals surface area contributed by atoms with E-state index in [-0.39, 0.29) is 35.3 Å². The van der Waals surface area contributed by atoms with Crippen molar-refractivity contribution in [1.29, 1.82) is 0 Å². The molecule has 0 N–H and O–H groups in total. The third-order valence-electron chi connectivity index (χ3n) is 5.88. The lowest BCUT2D eigenvalue weighted by atomic mass is 10.1. The molecular formula is C20H30FN3O3S. The van der Waals surface area contributed by atoms with E-state index in [0.717, 1.165) is 38.3 Å². The summed E-state index contributed by atoms with van der Waals surface area (Å²) in [6.45, 7) is 7.39. The molecule has 8 heteroatoms. The summed E-state index contributed by atoms with van der Waals surface area (Å²) in [6.07, 6.45) is 1.34. The zero-order valence-corrected chi connectivity index (χ0v) is 17.5. The number of hydrogen-bond donors (Lipinski definition) is 0. The van der Waals surface area contributed by atoms with Crippen molar-refractivity contribution >= 4 is 21.4 Å². The quantitative estimate of drug-likeness (QED) is 0.714. The highest BCUT2D eigenvalue weighted by Crippen LogP contribution is 2.22. The van der Waals surface area contributed by atoms with Crippen LogP contribution in [0.15, 0.2) is 24.3 Å². The molecule has 1 aromatic rings. The Morgan fingerprint density at radius 2 is 1.86 bits per heavy atom. The minimum atomic E-state index is -3.03. The summed E-state index contributed by atoms with van der Waals surface area (Å²) in [6, 6.07) is 6.32. The number of carbonyl (C=O) groups excluding carboxylic acids is 1. The molecule has 1 amide bonds. The molecule has 0 spiro atoms. The predicted octanol–water partition coefficient (Wildman–Crippen LogP) is 1.76. The molecule has 2 aliphatic rings. The van der Waals surface area contributed by atoms with Crippen LogP contribution in [0.1, 0.15) is 26.7 Å². The van der Waals surface area contributed by atoms with Gasteiger partial charge in [0.2, 0.25) is 5.91 Å².